The Morgan fingerprint density at radius 2 is 1.97 bits per heavy atom. The number of ether oxygens (including phenoxy) is 1. The third-order valence-electron chi connectivity index (χ3n) is 5.16. The molecular formula is C23H23ClN6O4. The second kappa shape index (κ2) is 10.4. The number of benzene rings is 2. The van der Waals surface area contributed by atoms with E-state index in [-0.39, 0.29) is 30.5 Å². The van der Waals surface area contributed by atoms with Crippen LogP contribution in [-0.2, 0) is 17.8 Å². The lowest BCUT2D eigenvalue weighted by atomic mass is 10.2. The number of halogens is 1. The molecule has 0 unspecified atom stereocenters. The van der Waals surface area contributed by atoms with Crippen LogP contribution in [0.15, 0.2) is 68.7 Å². The van der Waals surface area contributed by atoms with E-state index >= 15 is 0 Å². The second-order valence-corrected chi connectivity index (χ2v) is 7.94. The maximum Gasteiger partial charge on any atom is 0.330 e. The van der Waals surface area contributed by atoms with Gasteiger partial charge in [-0.2, -0.15) is 4.98 Å². The van der Waals surface area contributed by atoms with Crippen LogP contribution >= 0.6 is 11.6 Å². The van der Waals surface area contributed by atoms with Crippen molar-refractivity contribution >= 4 is 23.1 Å². The minimum absolute atomic E-state index is 0.0308. The molecule has 2 heterocycles. The van der Waals surface area contributed by atoms with Crippen LogP contribution in [0.1, 0.15) is 11.5 Å². The number of rotatable bonds is 9. The van der Waals surface area contributed by atoms with E-state index in [1.807, 2.05) is 36.4 Å². The molecule has 0 atom stereocenters. The first-order valence-electron chi connectivity index (χ1n) is 10.4. The molecule has 10 nitrogen and oxygen atoms in total. The molecule has 2 aromatic carbocycles. The molecular weight excluding hydrogens is 460 g/mol. The number of methoxy groups -OCH3 is 1. The van der Waals surface area contributed by atoms with E-state index in [9.17, 15) is 9.59 Å². The van der Waals surface area contributed by atoms with Gasteiger partial charge in [0, 0.05) is 24.2 Å². The largest absolute Gasteiger partial charge is 0.383 e. The molecule has 4 aromatic rings. The molecule has 0 aliphatic rings. The number of H-pyrrole nitrogens is 1. The number of aromatic amines is 1. The Morgan fingerprint density at radius 3 is 2.71 bits per heavy atom. The van der Waals surface area contributed by atoms with E-state index in [2.05, 4.69) is 15.1 Å². The van der Waals surface area contributed by atoms with Crippen molar-refractivity contribution in [1.82, 2.24) is 19.7 Å². The maximum absolute atomic E-state index is 12.8. The van der Waals surface area contributed by atoms with Crippen LogP contribution in [0.5, 0.6) is 0 Å². The van der Waals surface area contributed by atoms with Crippen LogP contribution in [0.2, 0.25) is 5.02 Å². The normalized spacial score (nSPS) is 11.0. The summed E-state index contributed by atoms with van der Waals surface area (Å²) in [6, 6.07) is 16.4. The minimum atomic E-state index is -0.613. The Labute approximate surface area is 199 Å². The van der Waals surface area contributed by atoms with Gasteiger partial charge in [0.1, 0.15) is 11.5 Å². The summed E-state index contributed by atoms with van der Waals surface area (Å²) in [4.78, 5) is 33.8. The summed E-state index contributed by atoms with van der Waals surface area (Å²) in [5.74, 6) is 0.647. The highest BCUT2D eigenvalue weighted by atomic mass is 35.5. The number of nitrogens with two attached hydrogens (primary N) is 1. The van der Waals surface area contributed by atoms with Gasteiger partial charge in [0.2, 0.25) is 11.7 Å². The Bertz CT molecular complexity index is 1380. The molecule has 3 N–H and O–H groups in total. The van der Waals surface area contributed by atoms with Gasteiger partial charge in [-0.25, -0.2) is 4.79 Å². The predicted molar refractivity (Wildman–Crippen MR) is 129 cm³/mol. The molecule has 4 rings (SSSR count). The van der Waals surface area contributed by atoms with Gasteiger partial charge in [-0.15, -0.1) is 0 Å². The highest BCUT2D eigenvalue weighted by Crippen LogP contribution is 2.23. The lowest BCUT2D eigenvalue weighted by Gasteiger charge is -2.24. The lowest BCUT2D eigenvalue weighted by molar-refractivity contribution is 0.204. The standard InChI is InChI=1S/C23H23ClN6O4/c1-33-11-10-29(14-18-26-21(28-34-18)16-8-5-9-17(24)12-16)19-20(25)30(23(32)27-22(19)31)13-15-6-3-2-4-7-15/h2-9,12H,10-11,13-14,25H2,1H3,(H,27,31,32). The van der Waals surface area contributed by atoms with Crippen molar-refractivity contribution in [3.05, 3.63) is 91.9 Å². The van der Waals surface area contributed by atoms with Crippen LogP contribution in [-0.4, -0.2) is 40.0 Å². The van der Waals surface area contributed by atoms with Crippen molar-refractivity contribution in [3.8, 4) is 11.4 Å². The zero-order valence-corrected chi connectivity index (χ0v) is 19.2. The quantitative estimate of drug-likeness (QED) is 0.372. The minimum Gasteiger partial charge on any atom is -0.383 e. The van der Waals surface area contributed by atoms with Crippen molar-refractivity contribution in [3.63, 3.8) is 0 Å². The van der Waals surface area contributed by atoms with Crippen LogP contribution in [0.25, 0.3) is 11.4 Å². The van der Waals surface area contributed by atoms with E-state index in [0.29, 0.717) is 29.6 Å². The number of hydrogen-bond acceptors (Lipinski definition) is 8. The van der Waals surface area contributed by atoms with E-state index in [1.165, 1.54) is 4.57 Å². The van der Waals surface area contributed by atoms with Gasteiger partial charge < -0.3 is 19.9 Å². The number of anilines is 2. The molecule has 0 radical (unpaired) electrons. The number of nitrogens with one attached hydrogen (secondary N) is 1. The topological polar surface area (TPSA) is 132 Å². The molecule has 0 saturated carbocycles. The SMILES string of the molecule is COCCN(Cc1nc(-c2cccc(Cl)c2)no1)c1c(N)n(Cc2ccccc2)c(=O)[nH]c1=O. The molecule has 0 fully saturated rings. The van der Waals surface area contributed by atoms with E-state index in [4.69, 9.17) is 26.6 Å². The number of aromatic nitrogens is 4. The molecule has 34 heavy (non-hydrogen) atoms. The van der Waals surface area contributed by atoms with Crippen LogP contribution in [0.4, 0.5) is 11.5 Å². The van der Waals surface area contributed by atoms with Crippen molar-refractivity contribution in [2.24, 2.45) is 0 Å². The van der Waals surface area contributed by atoms with Crippen molar-refractivity contribution in [2.45, 2.75) is 13.1 Å². The lowest BCUT2D eigenvalue weighted by Crippen LogP contribution is -2.39. The average Bonchev–Trinajstić information content (AvgIpc) is 3.29. The zero-order chi connectivity index (χ0) is 24.1. The van der Waals surface area contributed by atoms with E-state index in [0.717, 1.165) is 5.56 Å². The average molecular weight is 483 g/mol. The summed E-state index contributed by atoms with van der Waals surface area (Å²) in [7, 11) is 1.55. The molecule has 2 aromatic heterocycles. The first kappa shape index (κ1) is 23.3. The summed E-state index contributed by atoms with van der Waals surface area (Å²) < 4.78 is 11.9. The smallest absolute Gasteiger partial charge is 0.330 e. The van der Waals surface area contributed by atoms with E-state index < -0.39 is 11.2 Å². The van der Waals surface area contributed by atoms with Gasteiger partial charge >= 0.3 is 5.69 Å². The van der Waals surface area contributed by atoms with Gasteiger partial charge in [0.05, 0.1) is 19.7 Å². The Morgan fingerprint density at radius 1 is 1.18 bits per heavy atom. The molecule has 0 aliphatic heterocycles. The van der Waals surface area contributed by atoms with Gasteiger partial charge in [-0.1, -0.05) is 59.2 Å². The summed E-state index contributed by atoms with van der Waals surface area (Å²) in [6.45, 7) is 0.870. The molecule has 0 bridgehead atoms. The zero-order valence-electron chi connectivity index (χ0n) is 18.4. The van der Waals surface area contributed by atoms with Crippen molar-refractivity contribution in [1.29, 1.82) is 0 Å². The fourth-order valence-electron chi connectivity index (χ4n) is 3.50. The highest BCUT2D eigenvalue weighted by molar-refractivity contribution is 6.30. The summed E-state index contributed by atoms with van der Waals surface area (Å²) >= 11 is 6.06. The number of hydrogen-bond donors (Lipinski definition) is 2. The molecule has 11 heteroatoms. The van der Waals surface area contributed by atoms with Crippen molar-refractivity contribution in [2.75, 3.05) is 30.9 Å². The molecule has 0 aliphatic carbocycles. The molecule has 0 saturated heterocycles. The van der Waals surface area contributed by atoms with Gasteiger partial charge in [-0.3, -0.25) is 14.3 Å². The molecule has 0 spiro atoms. The fraction of sp³-hybridized carbons (Fsp3) is 0.217. The predicted octanol–water partition coefficient (Wildman–Crippen LogP) is 2.52. The third kappa shape index (κ3) is 5.19. The fourth-order valence-corrected chi connectivity index (χ4v) is 3.69. The van der Waals surface area contributed by atoms with Crippen LogP contribution in [0, 0.1) is 0 Å². The van der Waals surface area contributed by atoms with Gasteiger partial charge in [0.15, 0.2) is 0 Å². The first-order valence-corrected chi connectivity index (χ1v) is 10.8. The first-order chi connectivity index (χ1) is 16.5. The van der Waals surface area contributed by atoms with Gasteiger partial charge in [0.25, 0.3) is 5.56 Å². The highest BCUT2D eigenvalue weighted by Gasteiger charge is 2.22. The van der Waals surface area contributed by atoms with Gasteiger partial charge in [-0.05, 0) is 17.7 Å². The summed E-state index contributed by atoms with van der Waals surface area (Å²) in [5.41, 5.74) is 6.82. The molecule has 0 amide bonds. The Hall–Kier alpha value is -3.89. The second-order valence-electron chi connectivity index (χ2n) is 7.50. The van der Waals surface area contributed by atoms with Crippen molar-refractivity contribution < 1.29 is 9.26 Å². The Balaban J connectivity index is 1.68. The van der Waals surface area contributed by atoms with E-state index in [1.54, 1.807) is 30.2 Å². The number of nitrogens with zero attached hydrogens (tertiary/aromatic N) is 4. The Kier molecular flexibility index (Phi) is 7.09. The summed E-state index contributed by atoms with van der Waals surface area (Å²) in [6.07, 6.45) is 0. The van der Waals surface area contributed by atoms with Crippen LogP contribution < -0.4 is 21.9 Å². The maximum atomic E-state index is 12.8. The van der Waals surface area contributed by atoms with Crippen LogP contribution in [0.3, 0.4) is 0 Å². The molecule has 176 valence electrons. The third-order valence-corrected chi connectivity index (χ3v) is 5.39. The monoisotopic (exact) mass is 482 g/mol. The number of nitrogen functional groups attached to an aromatic ring is 1. The summed E-state index contributed by atoms with van der Waals surface area (Å²) in [5, 5.41) is 4.56.